The lowest BCUT2D eigenvalue weighted by atomic mass is 9.46. The maximum absolute atomic E-state index is 12.0. The Labute approximate surface area is 170 Å². The number of aliphatic hydroxyl groups excluding tert-OH is 2. The smallest absolute Gasteiger partial charge is 0.232 e. The molecule has 2 saturated carbocycles. The van der Waals surface area contributed by atoms with Crippen molar-refractivity contribution in [3.63, 3.8) is 0 Å². The van der Waals surface area contributed by atoms with E-state index in [1.165, 1.54) is 0 Å². The number of hydrogen-bond donors (Lipinski definition) is 3. The number of nitrogens with one attached hydrogen (secondary N) is 1. The number of amides is 2. The minimum absolute atomic E-state index is 0.00469. The summed E-state index contributed by atoms with van der Waals surface area (Å²) >= 11 is 13.3. The molecule has 0 aromatic carbocycles. The van der Waals surface area contributed by atoms with Crippen LogP contribution in [0.2, 0.25) is 0 Å². The van der Waals surface area contributed by atoms with Crippen LogP contribution in [0.4, 0.5) is 0 Å². The van der Waals surface area contributed by atoms with Gasteiger partial charge in [0.25, 0.3) is 0 Å². The van der Waals surface area contributed by atoms with Gasteiger partial charge in [-0.15, -0.1) is 23.2 Å². The zero-order valence-electron chi connectivity index (χ0n) is 16.0. The lowest BCUT2D eigenvalue weighted by Gasteiger charge is -2.61. The van der Waals surface area contributed by atoms with Gasteiger partial charge in [-0.05, 0) is 47.5 Å². The highest BCUT2D eigenvalue weighted by Gasteiger charge is 2.60. The fourth-order valence-electron chi connectivity index (χ4n) is 5.87. The molecule has 1 saturated heterocycles. The first kappa shape index (κ1) is 21.1. The fourth-order valence-corrected chi connectivity index (χ4v) is 6.77. The third-order valence-electron chi connectivity index (χ3n) is 7.43. The average molecular weight is 418 g/mol. The van der Waals surface area contributed by atoms with Crippen LogP contribution in [0.5, 0.6) is 0 Å². The first-order valence-corrected chi connectivity index (χ1v) is 10.4. The molecule has 0 bridgehead atoms. The van der Waals surface area contributed by atoms with Gasteiger partial charge in [-0.25, -0.2) is 0 Å². The molecular formula is C20H29Cl2NO4. The third-order valence-corrected chi connectivity index (χ3v) is 8.84. The number of carbonyl (C=O) groups excluding carboxylic acids is 2. The Morgan fingerprint density at radius 1 is 1.30 bits per heavy atom. The summed E-state index contributed by atoms with van der Waals surface area (Å²) in [6.07, 6.45) is -0.197. The standard InChI is InChI=1S/C20H29Cl2NO4/c1-9-11(6-14(25)10-5-16(26)23-18(10)27)20(4)8-12(21)17(22)19(2,3)15(20)7-13(9)24/h10-15,17,24-25H,1,5-8H2,2-4H3,(H,23,26,27)/t10?,11-,12+,13+,14?,15-,17-,20?/m0/s1. The van der Waals surface area contributed by atoms with Gasteiger partial charge in [0.1, 0.15) is 0 Å². The molecule has 3 unspecified atom stereocenters. The number of fused-ring (bicyclic) bond motifs is 1. The van der Waals surface area contributed by atoms with Crippen molar-refractivity contribution in [2.24, 2.45) is 28.6 Å². The Morgan fingerprint density at radius 2 is 1.93 bits per heavy atom. The average Bonchev–Trinajstić information content (AvgIpc) is 2.91. The summed E-state index contributed by atoms with van der Waals surface area (Å²) in [5.74, 6) is -1.67. The second-order valence-electron chi connectivity index (χ2n) is 9.41. The molecule has 0 aromatic heterocycles. The van der Waals surface area contributed by atoms with Gasteiger partial charge in [0.15, 0.2) is 0 Å². The van der Waals surface area contributed by atoms with Crippen molar-refractivity contribution in [1.29, 1.82) is 0 Å². The van der Waals surface area contributed by atoms with E-state index in [2.05, 4.69) is 32.7 Å². The predicted molar refractivity (Wildman–Crippen MR) is 104 cm³/mol. The Balaban J connectivity index is 1.91. The first-order valence-electron chi connectivity index (χ1n) is 9.56. The van der Waals surface area contributed by atoms with Crippen LogP contribution in [0, 0.1) is 28.6 Å². The first-order chi connectivity index (χ1) is 12.4. The van der Waals surface area contributed by atoms with Crippen LogP contribution in [0.25, 0.3) is 0 Å². The van der Waals surface area contributed by atoms with Gasteiger partial charge in [0.2, 0.25) is 11.8 Å². The highest BCUT2D eigenvalue weighted by Crippen LogP contribution is 2.63. The molecule has 1 aliphatic heterocycles. The lowest BCUT2D eigenvalue weighted by Crippen LogP contribution is -2.59. The Bertz CT molecular complexity index is 666. The highest BCUT2D eigenvalue weighted by atomic mass is 35.5. The second kappa shape index (κ2) is 7.01. The van der Waals surface area contributed by atoms with Gasteiger partial charge in [-0.1, -0.05) is 27.4 Å². The van der Waals surface area contributed by atoms with E-state index < -0.39 is 24.0 Å². The van der Waals surface area contributed by atoms with Gasteiger partial charge >= 0.3 is 0 Å². The van der Waals surface area contributed by atoms with E-state index in [0.717, 1.165) is 0 Å². The third kappa shape index (κ3) is 3.35. The molecule has 2 amide bonds. The molecular weight excluding hydrogens is 389 g/mol. The number of imide groups is 1. The molecule has 0 aromatic rings. The summed E-state index contributed by atoms with van der Waals surface area (Å²) < 4.78 is 0. The van der Waals surface area contributed by atoms with Crippen molar-refractivity contribution in [2.75, 3.05) is 0 Å². The summed E-state index contributed by atoms with van der Waals surface area (Å²) in [4.78, 5) is 23.5. The van der Waals surface area contributed by atoms with Crippen molar-refractivity contribution < 1.29 is 19.8 Å². The Kier molecular flexibility index (Phi) is 5.48. The van der Waals surface area contributed by atoms with Crippen molar-refractivity contribution in [3.05, 3.63) is 12.2 Å². The molecule has 2 aliphatic carbocycles. The number of halogens is 2. The molecule has 0 spiro atoms. The summed E-state index contributed by atoms with van der Waals surface area (Å²) in [7, 11) is 0. The van der Waals surface area contributed by atoms with Crippen molar-refractivity contribution >= 4 is 35.0 Å². The molecule has 3 rings (SSSR count). The monoisotopic (exact) mass is 417 g/mol. The number of aliphatic hydroxyl groups is 2. The maximum atomic E-state index is 12.0. The molecule has 8 atom stereocenters. The SMILES string of the molecule is C=C1[C@H](O)C[C@H]2C(C)(C)[C@@H](Cl)[C@H](Cl)CC2(C)[C@H]1CC(O)C1CC(=O)NC1=O. The summed E-state index contributed by atoms with van der Waals surface area (Å²) in [6, 6.07) is 0. The second-order valence-corrected chi connectivity index (χ2v) is 10.4. The molecule has 3 fully saturated rings. The Hall–Kier alpha value is -0.620. The number of carbonyl (C=O) groups is 2. The van der Waals surface area contributed by atoms with Crippen molar-refractivity contribution in [2.45, 2.75) is 69.4 Å². The minimum Gasteiger partial charge on any atom is -0.392 e. The van der Waals surface area contributed by atoms with Crippen LogP contribution >= 0.6 is 23.2 Å². The molecule has 27 heavy (non-hydrogen) atoms. The minimum atomic E-state index is -0.980. The quantitative estimate of drug-likeness (QED) is 0.374. The molecule has 1 heterocycles. The normalized spacial score (nSPS) is 45.4. The summed E-state index contributed by atoms with van der Waals surface area (Å²) in [5, 5.41) is 23.2. The molecule has 3 aliphatic rings. The van der Waals surface area contributed by atoms with Crippen LogP contribution in [0.3, 0.4) is 0 Å². The lowest BCUT2D eigenvalue weighted by molar-refractivity contribution is -0.128. The van der Waals surface area contributed by atoms with E-state index in [1.807, 2.05) is 0 Å². The van der Waals surface area contributed by atoms with Gasteiger partial charge in [-0.2, -0.15) is 0 Å². The topological polar surface area (TPSA) is 86.6 Å². The highest BCUT2D eigenvalue weighted by molar-refractivity contribution is 6.30. The zero-order chi connectivity index (χ0) is 20.3. The number of rotatable bonds is 3. The van der Waals surface area contributed by atoms with E-state index in [0.29, 0.717) is 18.4 Å². The molecule has 3 N–H and O–H groups in total. The molecule has 152 valence electrons. The van der Waals surface area contributed by atoms with Crippen LogP contribution < -0.4 is 5.32 Å². The summed E-state index contributed by atoms with van der Waals surface area (Å²) in [5.41, 5.74) is 0.0646. The number of alkyl halides is 2. The largest absolute Gasteiger partial charge is 0.392 e. The molecule has 7 heteroatoms. The van der Waals surface area contributed by atoms with Crippen LogP contribution in [0.15, 0.2) is 12.2 Å². The Morgan fingerprint density at radius 3 is 2.48 bits per heavy atom. The number of hydrogen-bond acceptors (Lipinski definition) is 4. The predicted octanol–water partition coefficient (Wildman–Crippen LogP) is 2.60. The van der Waals surface area contributed by atoms with Gasteiger partial charge in [0, 0.05) is 6.42 Å². The van der Waals surface area contributed by atoms with Crippen molar-refractivity contribution in [3.8, 4) is 0 Å². The van der Waals surface area contributed by atoms with Gasteiger partial charge in [-0.3, -0.25) is 14.9 Å². The van der Waals surface area contributed by atoms with E-state index in [-0.39, 0.29) is 52.2 Å². The summed E-state index contributed by atoms with van der Waals surface area (Å²) in [6.45, 7) is 10.4. The fraction of sp³-hybridized carbons (Fsp3) is 0.800. The van der Waals surface area contributed by atoms with Crippen LogP contribution in [-0.2, 0) is 9.59 Å². The van der Waals surface area contributed by atoms with E-state index in [1.54, 1.807) is 0 Å². The van der Waals surface area contributed by atoms with Gasteiger partial charge in [0.05, 0.1) is 28.9 Å². The van der Waals surface area contributed by atoms with E-state index in [9.17, 15) is 19.8 Å². The zero-order valence-corrected chi connectivity index (χ0v) is 17.6. The molecule has 5 nitrogen and oxygen atoms in total. The van der Waals surface area contributed by atoms with E-state index in [4.69, 9.17) is 23.2 Å². The van der Waals surface area contributed by atoms with E-state index >= 15 is 0 Å². The van der Waals surface area contributed by atoms with Gasteiger partial charge < -0.3 is 10.2 Å². The maximum Gasteiger partial charge on any atom is 0.232 e. The van der Waals surface area contributed by atoms with Crippen LogP contribution in [-0.4, -0.2) is 45.0 Å². The van der Waals surface area contributed by atoms with Crippen LogP contribution in [0.1, 0.15) is 46.5 Å². The van der Waals surface area contributed by atoms with Crippen molar-refractivity contribution in [1.82, 2.24) is 5.32 Å². The molecule has 0 radical (unpaired) electrons.